The third-order valence-corrected chi connectivity index (χ3v) is 3.81. The molecular weight excluding hydrogens is 316 g/mol. The summed E-state index contributed by atoms with van der Waals surface area (Å²) in [5.74, 6) is 0.406. The van der Waals surface area contributed by atoms with Crippen LogP contribution in [0.1, 0.15) is 26.7 Å². The number of nitrogens with one attached hydrogen (secondary N) is 3. The van der Waals surface area contributed by atoms with Crippen molar-refractivity contribution in [3.63, 3.8) is 0 Å². The number of hydrogen-bond acceptors (Lipinski definition) is 3. The maximum atomic E-state index is 11.8. The van der Waals surface area contributed by atoms with Crippen molar-refractivity contribution in [2.24, 2.45) is 0 Å². The molecule has 0 aliphatic rings. The molecule has 0 aliphatic heterocycles. The summed E-state index contributed by atoms with van der Waals surface area (Å²) in [4.78, 5) is 23.0. The Balaban J connectivity index is 1.89. The van der Waals surface area contributed by atoms with Crippen molar-refractivity contribution in [1.82, 2.24) is 10.2 Å². The first kappa shape index (κ1) is 16.7. The number of carbonyl (C=O) groups is 2. The van der Waals surface area contributed by atoms with Crippen LogP contribution in [0.15, 0.2) is 42.5 Å². The van der Waals surface area contributed by atoms with Crippen LogP contribution in [-0.2, 0) is 9.59 Å². The molecule has 3 rings (SSSR count). The van der Waals surface area contributed by atoms with Gasteiger partial charge in [-0.05, 0) is 41.8 Å². The lowest BCUT2D eigenvalue weighted by atomic mass is 10.0. The number of hydrogen-bond donors (Lipinski definition) is 3. The second kappa shape index (κ2) is 7.17. The standard InChI is InChI=1S/C19H20N4O2/c1-3-5-18(25)21-19-16-9-8-14(11-17(16)22-23-19)13-6-4-7-15(10-13)20-12(2)24/h4,6-11H,3,5H2,1-2H3,(H,20,24)(H2,21,22,23,25). The minimum Gasteiger partial charge on any atom is -0.326 e. The van der Waals surface area contributed by atoms with Crippen molar-refractivity contribution in [1.29, 1.82) is 0 Å². The van der Waals surface area contributed by atoms with Crippen molar-refractivity contribution in [3.05, 3.63) is 42.5 Å². The number of aromatic amines is 1. The minimum atomic E-state index is -0.103. The van der Waals surface area contributed by atoms with E-state index in [1.807, 2.05) is 49.4 Å². The molecular formula is C19H20N4O2. The first-order chi connectivity index (χ1) is 12.1. The molecule has 0 fully saturated rings. The summed E-state index contributed by atoms with van der Waals surface area (Å²) in [6.45, 7) is 3.45. The topological polar surface area (TPSA) is 86.9 Å². The normalized spacial score (nSPS) is 10.6. The lowest BCUT2D eigenvalue weighted by molar-refractivity contribution is -0.116. The monoisotopic (exact) mass is 336 g/mol. The maximum Gasteiger partial charge on any atom is 0.225 e. The Labute approximate surface area is 145 Å². The molecule has 3 aromatic rings. The fourth-order valence-electron chi connectivity index (χ4n) is 2.70. The van der Waals surface area contributed by atoms with Crippen LogP contribution in [0.25, 0.3) is 22.0 Å². The summed E-state index contributed by atoms with van der Waals surface area (Å²) >= 11 is 0. The van der Waals surface area contributed by atoms with Crippen molar-refractivity contribution >= 4 is 34.2 Å². The highest BCUT2D eigenvalue weighted by molar-refractivity contribution is 6.00. The molecule has 0 saturated carbocycles. The average molecular weight is 336 g/mol. The molecule has 2 amide bonds. The van der Waals surface area contributed by atoms with Crippen LogP contribution in [0.3, 0.4) is 0 Å². The van der Waals surface area contributed by atoms with Gasteiger partial charge in [-0.3, -0.25) is 14.7 Å². The largest absolute Gasteiger partial charge is 0.326 e. The number of anilines is 2. The summed E-state index contributed by atoms with van der Waals surface area (Å²) in [6.07, 6.45) is 1.27. The van der Waals surface area contributed by atoms with Gasteiger partial charge >= 0.3 is 0 Å². The minimum absolute atomic E-state index is 0.0389. The lowest BCUT2D eigenvalue weighted by Crippen LogP contribution is -2.10. The van der Waals surface area contributed by atoms with Gasteiger partial charge < -0.3 is 10.6 Å². The Kier molecular flexibility index (Phi) is 4.79. The molecule has 6 heteroatoms. The van der Waals surface area contributed by atoms with Gasteiger partial charge in [0, 0.05) is 24.4 Å². The van der Waals surface area contributed by atoms with Crippen LogP contribution >= 0.6 is 0 Å². The van der Waals surface area contributed by atoms with Gasteiger partial charge in [-0.25, -0.2) is 0 Å². The first-order valence-corrected chi connectivity index (χ1v) is 8.23. The highest BCUT2D eigenvalue weighted by Crippen LogP contribution is 2.28. The molecule has 0 bridgehead atoms. The number of nitrogens with zero attached hydrogens (tertiary/aromatic N) is 1. The predicted molar refractivity (Wildman–Crippen MR) is 99.4 cm³/mol. The number of fused-ring (bicyclic) bond motifs is 1. The summed E-state index contributed by atoms with van der Waals surface area (Å²) < 4.78 is 0. The maximum absolute atomic E-state index is 11.8. The molecule has 128 valence electrons. The molecule has 1 aromatic heterocycles. The second-order valence-corrected chi connectivity index (χ2v) is 5.89. The number of amides is 2. The Morgan fingerprint density at radius 1 is 1.08 bits per heavy atom. The van der Waals surface area contributed by atoms with Gasteiger partial charge in [0.1, 0.15) is 0 Å². The molecule has 0 spiro atoms. The SMILES string of the molecule is CCCC(=O)Nc1n[nH]c2cc(-c3cccc(NC(C)=O)c3)ccc12. The van der Waals surface area contributed by atoms with E-state index in [0.717, 1.165) is 34.1 Å². The van der Waals surface area contributed by atoms with Gasteiger partial charge in [-0.15, -0.1) is 0 Å². The highest BCUT2D eigenvalue weighted by Gasteiger charge is 2.10. The van der Waals surface area contributed by atoms with Crippen molar-refractivity contribution in [2.75, 3.05) is 10.6 Å². The van der Waals surface area contributed by atoms with Gasteiger partial charge in [0.05, 0.1) is 5.52 Å². The van der Waals surface area contributed by atoms with E-state index in [0.29, 0.717) is 12.2 Å². The molecule has 0 aliphatic carbocycles. The van der Waals surface area contributed by atoms with Crippen LogP contribution in [0.4, 0.5) is 11.5 Å². The first-order valence-electron chi connectivity index (χ1n) is 8.23. The molecule has 0 radical (unpaired) electrons. The summed E-state index contributed by atoms with van der Waals surface area (Å²) in [7, 11) is 0. The van der Waals surface area contributed by atoms with Gasteiger partial charge in [-0.1, -0.05) is 25.1 Å². The summed E-state index contributed by atoms with van der Waals surface area (Å²) in [5.41, 5.74) is 3.57. The Bertz CT molecular complexity index is 930. The zero-order chi connectivity index (χ0) is 17.8. The third-order valence-electron chi connectivity index (χ3n) is 3.81. The lowest BCUT2D eigenvalue weighted by Gasteiger charge is -2.06. The molecule has 25 heavy (non-hydrogen) atoms. The van der Waals surface area contributed by atoms with Crippen molar-refractivity contribution < 1.29 is 9.59 Å². The van der Waals surface area contributed by atoms with E-state index in [2.05, 4.69) is 20.8 Å². The van der Waals surface area contributed by atoms with Gasteiger partial charge in [-0.2, -0.15) is 5.10 Å². The smallest absolute Gasteiger partial charge is 0.225 e. The van der Waals surface area contributed by atoms with Gasteiger partial charge in [0.25, 0.3) is 0 Å². The fourth-order valence-corrected chi connectivity index (χ4v) is 2.70. The van der Waals surface area contributed by atoms with E-state index in [1.165, 1.54) is 6.92 Å². The van der Waals surface area contributed by atoms with Crippen LogP contribution in [0.5, 0.6) is 0 Å². The molecule has 1 heterocycles. The zero-order valence-electron chi connectivity index (χ0n) is 14.2. The number of carbonyl (C=O) groups excluding carboxylic acids is 2. The van der Waals surface area contributed by atoms with E-state index >= 15 is 0 Å². The molecule has 0 atom stereocenters. The van der Waals surface area contributed by atoms with Crippen LogP contribution in [0, 0.1) is 0 Å². The molecule has 6 nitrogen and oxygen atoms in total. The Morgan fingerprint density at radius 2 is 1.88 bits per heavy atom. The molecule has 2 aromatic carbocycles. The Morgan fingerprint density at radius 3 is 2.64 bits per heavy atom. The molecule has 0 saturated heterocycles. The number of aromatic nitrogens is 2. The van der Waals surface area contributed by atoms with Gasteiger partial charge in [0.15, 0.2) is 5.82 Å². The second-order valence-electron chi connectivity index (χ2n) is 5.89. The zero-order valence-corrected chi connectivity index (χ0v) is 14.2. The fraction of sp³-hybridized carbons (Fsp3) is 0.211. The van der Waals surface area contributed by atoms with Crippen molar-refractivity contribution in [3.8, 4) is 11.1 Å². The van der Waals surface area contributed by atoms with Gasteiger partial charge in [0.2, 0.25) is 11.8 Å². The highest BCUT2D eigenvalue weighted by atomic mass is 16.2. The van der Waals surface area contributed by atoms with E-state index in [4.69, 9.17) is 0 Å². The average Bonchev–Trinajstić information content (AvgIpc) is 2.97. The van der Waals surface area contributed by atoms with Crippen LogP contribution in [-0.4, -0.2) is 22.0 Å². The molecule has 0 unspecified atom stereocenters. The van der Waals surface area contributed by atoms with Crippen molar-refractivity contribution in [2.45, 2.75) is 26.7 Å². The van der Waals surface area contributed by atoms with Crippen LogP contribution < -0.4 is 10.6 Å². The number of rotatable bonds is 5. The molecule has 3 N–H and O–H groups in total. The Hall–Kier alpha value is -3.15. The summed E-state index contributed by atoms with van der Waals surface area (Å²) in [6, 6.07) is 13.5. The number of benzene rings is 2. The van der Waals surface area contributed by atoms with E-state index in [9.17, 15) is 9.59 Å². The van der Waals surface area contributed by atoms with Crippen LogP contribution in [0.2, 0.25) is 0 Å². The number of H-pyrrole nitrogens is 1. The van der Waals surface area contributed by atoms with E-state index < -0.39 is 0 Å². The van der Waals surface area contributed by atoms with E-state index in [-0.39, 0.29) is 11.8 Å². The predicted octanol–water partition coefficient (Wildman–Crippen LogP) is 3.93. The quantitative estimate of drug-likeness (QED) is 0.660. The third kappa shape index (κ3) is 3.85. The summed E-state index contributed by atoms with van der Waals surface area (Å²) in [5, 5.41) is 13.6. The van der Waals surface area contributed by atoms with E-state index in [1.54, 1.807) is 0 Å².